The minimum Gasteiger partial charge on any atom is -0.462 e. The molecule has 0 saturated carbocycles. The number of para-hydroxylation sites is 1. The quantitative estimate of drug-likeness (QED) is 0.518. The Morgan fingerprint density at radius 3 is 2.35 bits per heavy atom. The molecule has 8 nitrogen and oxygen atoms in total. The highest BCUT2D eigenvalue weighted by Crippen LogP contribution is 2.32. The van der Waals surface area contributed by atoms with Crippen LogP contribution >= 0.6 is 0 Å². The molecule has 0 radical (unpaired) electrons. The number of ether oxygens (including phenoxy) is 2. The van der Waals surface area contributed by atoms with Gasteiger partial charge in [0.1, 0.15) is 35.8 Å². The van der Waals surface area contributed by atoms with Crippen LogP contribution in [0.25, 0.3) is 11.3 Å². The van der Waals surface area contributed by atoms with Gasteiger partial charge in [-0.2, -0.15) is 0 Å². The molecule has 1 aliphatic rings. The third-order valence-corrected chi connectivity index (χ3v) is 4.94. The van der Waals surface area contributed by atoms with Gasteiger partial charge in [0, 0.05) is 5.56 Å². The number of hydrogen-bond donors (Lipinski definition) is 3. The Morgan fingerprint density at radius 2 is 1.71 bits per heavy atom. The lowest BCUT2D eigenvalue weighted by molar-refractivity contribution is -0.260. The van der Waals surface area contributed by atoms with Gasteiger partial charge in [0.2, 0.25) is 6.29 Å². The Balaban J connectivity index is 1.64. The van der Waals surface area contributed by atoms with Gasteiger partial charge in [-0.05, 0) is 24.3 Å². The van der Waals surface area contributed by atoms with Crippen molar-refractivity contribution in [3.05, 3.63) is 66.1 Å². The fraction of sp³-hybridized carbons (Fsp3) is 0.300. The number of halogens is 3. The molecule has 0 spiro atoms. The molecule has 1 saturated heterocycles. The highest BCUT2D eigenvalue weighted by Gasteiger charge is 2.47. The van der Waals surface area contributed by atoms with E-state index in [-0.39, 0.29) is 11.3 Å². The molecule has 0 aliphatic carbocycles. The van der Waals surface area contributed by atoms with Gasteiger partial charge in [-0.25, -0.2) is 17.9 Å². The van der Waals surface area contributed by atoms with Crippen molar-refractivity contribution < 1.29 is 38.0 Å². The summed E-state index contributed by atoms with van der Waals surface area (Å²) in [6.45, 7) is -0.574. The number of hydrogen-bond acceptors (Lipinski definition) is 7. The zero-order valence-corrected chi connectivity index (χ0v) is 15.8. The van der Waals surface area contributed by atoms with Crippen LogP contribution in [0.5, 0.6) is 5.75 Å². The lowest BCUT2D eigenvalue weighted by Gasteiger charge is -2.41. The molecule has 2 heterocycles. The van der Waals surface area contributed by atoms with Gasteiger partial charge in [-0.3, -0.25) is 0 Å². The first kappa shape index (κ1) is 21.2. The molecular weight excluding hydrogens is 419 g/mol. The largest absolute Gasteiger partial charge is 0.462 e. The van der Waals surface area contributed by atoms with Crippen molar-refractivity contribution in [3.63, 3.8) is 0 Å². The summed E-state index contributed by atoms with van der Waals surface area (Å²) in [5.74, 6) is -4.02. The van der Waals surface area contributed by atoms with Crippen LogP contribution in [0.3, 0.4) is 0 Å². The van der Waals surface area contributed by atoms with Crippen molar-refractivity contribution in [2.75, 3.05) is 6.61 Å². The third-order valence-electron chi connectivity index (χ3n) is 4.94. The van der Waals surface area contributed by atoms with Gasteiger partial charge in [-0.1, -0.05) is 23.4 Å². The number of aliphatic hydroxyl groups is 3. The monoisotopic (exact) mass is 437 g/mol. The molecule has 0 unspecified atom stereocenters. The summed E-state index contributed by atoms with van der Waals surface area (Å²) in [6, 6.07) is 8.80. The molecular formula is C20H18F3N3O5. The molecule has 5 atom stereocenters. The van der Waals surface area contributed by atoms with Crippen LogP contribution in [-0.4, -0.2) is 61.5 Å². The molecule has 1 aromatic heterocycles. The summed E-state index contributed by atoms with van der Waals surface area (Å²) in [5.41, 5.74) is -0.112. The summed E-state index contributed by atoms with van der Waals surface area (Å²) >= 11 is 0. The summed E-state index contributed by atoms with van der Waals surface area (Å²) in [5, 5.41) is 38.6. The van der Waals surface area contributed by atoms with Gasteiger partial charge < -0.3 is 24.8 Å². The molecule has 1 fully saturated rings. The standard InChI is InChI=1S/C20H18F3N3O5/c21-12-6-10(7-13(22)16(12)23)14-8-26(25-24-14)17-18(28)15(9-27)31-20(19(17)29)30-11-4-2-1-3-5-11/h1-8,15,17-20,27-29H,9H2/t15-,17+,18+,19-,20+/m1/s1. The van der Waals surface area contributed by atoms with Crippen molar-refractivity contribution in [1.29, 1.82) is 0 Å². The smallest absolute Gasteiger partial charge is 0.228 e. The second-order valence-corrected chi connectivity index (χ2v) is 6.97. The SMILES string of the molecule is OC[C@H]1O[C@H](Oc2ccccc2)[C@H](O)[C@@H](n2cc(-c3cc(F)c(F)c(F)c3)nn2)[C@H]1O. The van der Waals surface area contributed by atoms with Crippen LogP contribution in [-0.2, 0) is 4.74 Å². The van der Waals surface area contributed by atoms with Crippen molar-refractivity contribution in [2.45, 2.75) is 30.6 Å². The fourth-order valence-corrected chi connectivity index (χ4v) is 3.37. The van der Waals surface area contributed by atoms with Gasteiger partial charge >= 0.3 is 0 Å². The van der Waals surface area contributed by atoms with Crippen LogP contribution in [0.1, 0.15) is 6.04 Å². The lowest BCUT2D eigenvalue weighted by Crippen LogP contribution is -2.57. The van der Waals surface area contributed by atoms with Crippen LogP contribution in [0, 0.1) is 17.5 Å². The summed E-state index contributed by atoms with van der Waals surface area (Å²) in [6.07, 6.45) is -4.01. The van der Waals surface area contributed by atoms with E-state index in [4.69, 9.17) is 9.47 Å². The van der Waals surface area contributed by atoms with Crippen LogP contribution < -0.4 is 4.74 Å². The van der Waals surface area contributed by atoms with Crippen molar-refractivity contribution >= 4 is 0 Å². The Bertz CT molecular complexity index is 1030. The van der Waals surface area contributed by atoms with E-state index in [2.05, 4.69) is 10.3 Å². The third kappa shape index (κ3) is 4.12. The maximum atomic E-state index is 13.6. The topological polar surface area (TPSA) is 110 Å². The maximum Gasteiger partial charge on any atom is 0.228 e. The first-order valence-electron chi connectivity index (χ1n) is 9.30. The Labute approximate surface area is 174 Å². The van der Waals surface area contributed by atoms with E-state index in [0.717, 1.165) is 16.8 Å². The second kappa shape index (κ2) is 8.63. The van der Waals surface area contributed by atoms with Crippen LogP contribution in [0.2, 0.25) is 0 Å². The number of aliphatic hydroxyl groups excluding tert-OH is 3. The van der Waals surface area contributed by atoms with Gasteiger partial charge in [0.05, 0.1) is 12.8 Å². The number of nitrogens with zero attached hydrogens (tertiary/aromatic N) is 3. The van der Waals surface area contributed by atoms with Crippen molar-refractivity contribution in [1.82, 2.24) is 15.0 Å². The summed E-state index contributed by atoms with van der Waals surface area (Å²) < 4.78 is 52.5. The Morgan fingerprint density at radius 1 is 1.03 bits per heavy atom. The highest BCUT2D eigenvalue weighted by molar-refractivity contribution is 5.57. The summed E-state index contributed by atoms with van der Waals surface area (Å²) in [7, 11) is 0. The van der Waals surface area contributed by atoms with E-state index >= 15 is 0 Å². The van der Waals surface area contributed by atoms with E-state index < -0.39 is 54.7 Å². The zero-order valence-electron chi connectivity index (χ0n) is 15.8. The molecule has 0 amide bonds. The average Bonchev–Trinajstić information content (AvgIpc) is 3.24. The number of benzene rings is 2. The normalized spacial score (nSPS) is 26.1. The van der Waals surface area contributed by atoms with Gasteiger partial charge in [0.25, 0.3) is 0 Å². The average molecular weight is 437 g/mol. The summed E-state index contributed by atoms with van der Waals surface area (Å²) in [4.78, 5) is 0. The van der Waals surface area contributed by atoms with Crippen molar-refractivity contribution in [2.24, 2.45) is 0 Å². The van der Waals surface area contributed by atoms with E-state index in [1.807, 2.05) is 0 Å². The minimum absolute atomic E-state index is 0.0234. The molecule has 0 bridgehead atoms. The zero-order chi connectivity index (χ0) is 22.1. The second-order valence-electron chi connectivity index (χ2n) is 6.97. The minimum atomic E-state index is -1.61. The predicted octanol–water partition coefficient (Wildman–Crippen LogP) is 1.42. The molecule has 11 heteroatoms. The Hall–Kier alpha value is -2.99. The maximum absolute atomic E-state index is 13.6. The first-order valence-corrected chi connectivity index (χ1v) is 9.30. The predicted molar refractivity (Wildman–Crippen MR) is 99.2 cm³/mol. The number of aromatic nitrogens is 3. The van der Waals surface area contributed by atoms with Gasteiger partial charge in [0.15, 0.2) is 17.5 Å². The highest BCUT2D eigenvalue weighted by atomic mass is 19.2. The Kier molecular flexibility index (Phi) is 5.92. The fourth-order valence-electron chi connectivity index (χ4n) is 3.37. The van der Waals surface area contributed by atoms with E-state index in [1.165, 1.54) is 6.20 Å². The molecule has 4 rings (SSSR count). The van der Waals surface area contributed by atoms with E-state index in [0.29, 0.717) is 5.75 Å². The number of rotatable bonds is 5. The van der Waals surface area contributed by atoms with Crippen molar-refractivity contribution in [3.8, 4) is 17.0 Å². The van der Waals surface area contributed by atoms with Gasteiger partial charge in [-0.15, -0.1) is 5.10 Å². The molecule has 3 N–H and O–H groups in total. The molecule has 3 aromatic rings. The van der Waals surface area contributed by atoms with E-state index in [1.54, 1.807) is 30.3 Å². The molecule has 164 valence electrons. The lowest BCUT2D eigenvalue weighted by atomic mass is 9.96. The van der Waals surface area contributed by atoms with Crippen LogP contribution in [0.15, 0.2) is 48.7 Å². The molecule has 1 aliphatic heterocycles. The van der Waals surface area contributed by atoms with E-state index in [9.17, 15) is 28.5 Å². The first-order chi connectivity index (χ1) is 14.9. The van der Waals surface area contributed by atoms with Crippen LogP contribution in [0.4, 0.5) is 13.2 Å². The molecule has 2 aromatic carbocycles. The molecule has 31 heavy (non-hydrogen) atoms.